The van der Waals surface area contributed by atoms with E-state index in [1.807, 2.05) is 0 Å². The van der Waals surface area contributed by atoms with Gasteiger partial charge in [0.15, 0.2) is 0 Å². The lowest BCUT2D eigenvalue weighted by atomic mass is 9.81. The maximum atomic E-state index is 10.7. The molecule has 0 aromatic rings. The number of ether oxygens (including phenoxy) is 1. The van der Waals surface area contributed by atoms with Gasteiger partial charge in [0.2, 0.25) is 0 Å². The summed E-state index contributed by atoms with van der Waals surface area (Å²) in [6, 6.07) is 0. The number of nitrogens with zero attached hydrogens (tertiary/aromatic N) is 1. The van der Waals surface area contributed by atoms with Gasteiger partial charge < -0.3 is 9.84 Å². The number of aliphatic hydroxyl groups excluding tert-OH is 1. The third-order valence-electron chi connectivity index (χ3n) is 4.61. The number of hydrogen-bond acceptors (Lipinski definition) is 3. The summed E-state index contributed by atoms with van der Waals surface area (Å²) < 4.78 is 5.38. The third kappa shape index (κ3) is 3.01. The SMILES string of the molecule is CC(C)(C(O)C1CCOCC1)N1CCCCC1. The minimum absolute atomic E-state index is 0.0809. The summed E-state index contributed by atoms with van der Waals surface area (Å²) in [6.45, 7) is 8.34. The van der Waals surface area contributed by atoms with E-state index < -0.39 is 0 Å². The summed E-state index contributed by atoms with van der Waals surface area (Å²) in [4.78, 5) is 2.48. The summed E-state index contributed by atoms with van der Waals surface area (Å²) in [6.07, 6.45) is 5.72. The van der Waals surface area contributed by atoms with E-state index in [9.17, 15) is 5.11 Å². The van der Waals surface area contributed by atoms with E-state index in [4.69, 9.17) is 4.74 Å². The largest absolute Gasteiger partial charge is 0.391 e. The van der Waals surface area contributed by atoms with Crippen LogP contribution in [-0.2, 0) is 4.74 Å². The number of rotatable bonds is 3. The lowest BCUT2D eigenvalue weighted by Gasteiger charge is -2.47. The van der Waals surface area contributed by atoms with Crippen molar-refractivity contribution in [3.05, 3.63) is 0 Å². The van der Waals surface area contributed by atoms with Crippen molar-refractivity contribution >= 4 is 0 Å². The van der Waals surface area contributed by atoms with Gasteiger partial charge in [-0.3, -0.25) is 4.90 Å². The summed E-state index contributed by atoms with van der Waals surface area (Å²) in [5.74, 6) is 0.417. The Hall–Kier alpha value is -0.120. The lowest BCUT2D eigenvalue weighted by Crippen LogP contribution is -2.57. The fourth-order valence-corrected chi connectivity index (χ4v) is 3.27. The minimum Gasteiger partial charge on any atom is -0.391 e. The van der Waals surface area contributed by atoms with Gasteiger partial charge in [-0.05, 0) is 58.5 Å². The molecule has 0 aliphatic carbocycles. The smallest absolute Gasteiger partial charge is 0.0748 e. The molecule has 0 aromatic heterocycles. The molecule has 1 unspecified atom stereocenters. The highest BCUT2D eigenvalue weighted by Gasteiger charge is 2.39. The molecule has 3 nitrogen and oxygen atoms in total. The Labute approximate surface area is 105 Å². The normalized spacial score (nSPS) is 27.0. The fourth-order valence-electron chi connectivity index (χ4n) is 3.27. The van der Waals surface area contributed by atoms with Crippen LogP contribution in [0.5, 0.6) is 0 Å². The number of aliphatic hydroxyl groups is 1. The molecular weight excluding hydrogens is 214 g/mol. The molecule has 2 rings (SSSR count). The fraction of sp³-hybridized carbons (Fsp3) is 1.00. The van der Waals surface area contributed by atoms with Gasteiger partial charge in [-0.2, -0.15) is 0 Å². The zero-order chi connectivity index (χ0) is 12.3. The highest BCUT2D eigenvalue weighted by atomic mass is 16.5. The second-order valence-electron chi connectivity index (χ2n) is 6.10. The molecule has 2 aliphatic heterocycles. The molecule has 1 atom stereocenters. The van der Waals surface area contributed by atoms with Crippen molar-refractivity contribution in [1.29, 1.82) is 0 Å². The molecule has 3 heteroatoms. The van der Waals surface area contributed by atoms with Gasteiger partial charge in [0.1, 0.15) is 0 Å². The maximum Gasteiger partial charge on any atom is 0.0748 e. The molecule has 0 bridgehead atoms. The predicted molar refractivity (Wildman–Crippen MR) is 69.1 cm³/mol. The number of likely N-dealkylation sites (tertiary alicyclic amines) is 1. The molecule has 0 amide bonds. The first-order chi connectivity index (χ1) is 8.12. The van der Waals surface area contributed by atoms with Crippen LogP contribution in [-0.4, -0.2) is 48.0 Å². The summed E-state index contributed by atoms with van der Waals surface area (Å²) >= 11 is 0. The number of piperidine rings is 1. The zero-order valence-corrected chi connectivity index (χ0v) is 11.3. The van der Waals surface area contributed by atoms with Crippen LogP contribution >= 0.6 is 0 Å². The van der Waals surface area contributed by atoms with E-state index >= 15 is 0 Å². The molecule has 1 N–H and O–H groups in total. The van der Waals surface area contributed by atoms with Crippen molar-refractivity contribution in [2.75, 3.05) is 26.3 Å². The molecule has 0 spiro atoms. The van der Waals surface area contributed by atoms with Crippen LogP contribution in [0.25, 0.3) is 0 Å². The highest BCUT2D eigenvalue weighted by Crippen LogP contribution is 2.31. The molecule has 2 saturated heterocycles. The molecule has 0 aromatic carbocycles. The van der Waals surface area contributed by atoms with Crippen LogP contribution in [0.2, 0.25) is 0 Å². The Bertz CT molecular complexity index is 230. The lowest BCUT2D eigenvalue weighted by molar-refractivity contribution is -0.0753. The van der Waals surface area contributed by atoms with Gasteiger partial charge in [-0.25, -0.2) is 0 Å². The number of hydrogen-bond donors (Lipinski definition) is 1. The van der Waals surface area contributed by atoms with Gasteiger partial charge in [-0.15, -0.1) is 0 Å². The van der Waals surface area contributed by atoms with Crippen molar-refractivity contribution in [3.63, 3.8) is 0 Å². The van der Waals surface area contributed by atoms with Gasteiger partial charge >= 0.3 is 0 Å². The van der Waals surface area contributed by atoms with Crippen LogP contribution in [0.3, 0.4) is 0 Å². The van der Waals surface area contributed by atoms with Gasteiger partial charge in [0, 0.05) is 18.8 Å². The van der Waals surface area contributed by atoms with Gasteiger partial charge in [0.25, 0.3) is 0 Å². The quantitative estimate of drug-likeness (QED) is 0.821. The van der Waals surface area contributed by atoms with E-state index in [-0.39, 0.29) is 11.6 Å². The summed E-state index contributed by atoms with van der Waals surface area (Å²) in [7, 11) is 0. The predicted octanol–water partition coefficient (Wildman–Crippen LogP) is 2.04. The second kappa shape index (κ2) is 5.68. The molecule has 0 radical (unpaired) electrons. The second-order valence-corrected chi connectivity index (χ2v) is 6.10. The zero-order valence-electron chi connectivity index (χ0n) is 11.3. The molecule has 2 fully saturated rings. The average Bonchev–Trinajstić information content (AvgIpc) is 2.40. The first-order valence-electron chi connectivity index (χ1n) is 7.13. The Kier molecular flexibility index (Phi) is 4.45. The molecule has 0 saturated carbocycles. The van der Waals surface area contributed by atoms with Crippen molar-refractivity contribution in [2.24, 2.45) is 5.92 Å². The van der Waals surface area contributed by atoms with Crippen molar-refractivity contribution in [2.45, 2.75) is 57.6 Å². The molecular formula is C14H27NO2. The van der Waals surface area contributed by atoms with Crippen LogP contribution < -0.4 is 0 Å². The first-order valence-corrected chi connectivity index (χ1v) is 7.13. The standard InChI is InChI=1S/C14H27NO2/c1-14(2,15-8-4-3-5-9-15)13(16)12-6-10-17-11-7-12/h12-13,16H,3-11H2,1-2H3. The van der Waals surface area contributed by atoms with Crippen molar-refractivity contribution < 1.29 is 9.84 Å². The highest BCUT2D eigenvalue weighted by molar-refractivity contribution is 4.93. The minimum atomic E-state index is -0.218. The monoisotopic (exact) mass is 241 g/mol. The van der Waals surface area contributed by atoms with E-state index in [1.165, 1.54) is 19.3 Å². The van der Waals surface area contributed by atoms with Crippen LogP contribution in [0.1, 0.15) is 46.0 Å². The summed E-state index contributed by atoms with van der Waals surface area (Å²) in [5.41, 5.74) is -0.0809. The van der Waals surface area contributed by atoms with Crippen LogP contribution in [0, 0.1) is 5.92 Å². The van der Waals surface area contributed by atoms with Crippen molar-refractivity contribution in [3.8, 4) is 0 Å². The van der Waals surface area contributed by atoms with Crippen LogP contribution in [0.4, 0.5) is 0 Å². The maximum absolute atomic E-state index is 10.7. The Morgan fingerprint density at radius 2 is 1.71 bits per heavy atom. The summed E-state index contributed by atoms with van der Waals surface area (Å²) in [5, 5.41) is 10.7. The van der Waals surface area contributed by atoms with Gasteiger partial charge in [0.05, 0.1) is 6.10 Å². The van der Waals surface area contributed by atoms with Crippen molar-refractivity contribution in [1.82, 2.24) is 4.90 Å². The van der Waals surface area contributed by atoms with E-state index in [2.05, 4.69) is 18.7 Å². The Morgan fingerprint density at radius 1 is 1.12 bits per heavy atom. The molecule has 17 heavy (non-hydrogen) atoms. The van der Waals surface area contributed by atoms with E-state index in [0.717, 1.165) is 39.1 Å². The van der Waals surface area contributed by atoms with E-state index in [1.54, 1.807) is 0 Å². The average molecular weight is 241 g/mol. The van der Waals surface area contributed by atoms with Gasteiger partial charge in [-0.1, -0.05) is 6.42 Å². The third-order valence-corrected chi connectivity index (χ3v) is 4.61. The first kappa shape index (κ1) is 13.3. The van der Waals surface area contributed by atoms with Crippen LogP contribution in [0.15, 0.2) is 0 Å². The topological polar surface area (TPSA) is 32.7 Å². The molecule has 2 heterocycles. The Balaban J connectivity index is 1.96. The Morgan fingerprint density at radius 3 is 2.29 bits per heavy atom. The molecule has 100 valence electrons. The van der Waals surface area contributed by atoms with E-state index in [0.29, 0.717) is 5.92 Å². The molecule has 2 aliphatic rings.